The molecule has 2 aromatic carbocycles. The zero-order chi connectivity index (χ0) is 18.8. The number of ether oxygens (including phenoxy) is 1. The normalized spacial score (nSPS) is 10.5. The molecule has 0 radical (unpaired) electrons. The molecule has 6 nitrogen and oxygen atoms in total. The van der Waals surface area contributed by atoms with Gasteiger partial charge in [-0.05, 0) is 29.8 Å². The van der Waals surface area contributed by atoms with Crippen LogP contribution in [0, 0.1) is 0 Å². The number of carbonyl (C=O) groups excluding carboxylic acids is 1. The van der Waals surface area contributed by atoms with Gasteiger partial charge >= 0.3 is 0 Å². The van der Waals surface area contributed by atoms with Gasteiger partial charge in [0, 0.05) is 17.3 Å². The Hall–Kier alpha value is -3.38. The van der Waals surface area contributed by atoms with Crippen LogP contribution in [0.2, 0.25) is 0 Å². The molecule has 0 aliphatic heterocycles. The fourth-order valence-corrected chi connectivity index (χ4v) is 2.90. The first-order valence-corrected chi connectivity index (χ1v) is 8.45. The first kappa shape index (κ1) is 19.4. The largest absolute Gasteiger partial charge is 0.504 e. The van der Waals surface area contributed by atoms with Gasteiger partial charge in [0.05, 0.1) is 13.5 Å². The molecule has 28 heavy (non-hydrogen) atoms. The number of methoxy groups -OCH3 is 1. The van der Waals surface area contributed by atoms with E-state index in [0.717, 1.165) is 11.1 Å². The van der Waals surface area contributed by atoms with Gasteiger partial charge in [0.2, 0.25) is 0 Å². The number of aromatic nitrogens is 3. The summed E-state index contributed by atoms with van der Waals surface area (Å²) in [6.45, 7) is 0. The molecule has 4 aromatic rings. The van der Waals surface area contributed by atoms with E-state index in [0.29, 0.717) is 22.8 Å². The molecule has 2 heterocycles. The van der Waals surface area contributed by atoms with Crippen LogP contribution >= 0.6 is 12.4 Å². The first-order chi connectivity index (χ1) is 13.1. The maximum atomic E-state index is 12.4. The summed E-state index contributed by atoms with van der Waals surface area (Å²) in [5.41, 5.74) is 3.09. The Labute approximate surface area is 167 Å². The van der Waals surface area contributed by atoms with Crippen molar-refractivity contribution < 1.29 is 14.6 Å². The van der Waals surface area contributed by atoms with Crippen molar-refractivity contribution in [3.63, 3.8) is 0 Å². The Morgan fingerprint density at radius 1 is 1.07 bits per heavy atom. The van der Waals surface area contributed by atoms with E-state index in [9.17, 15) is 9.90 Å². The number of phenols is 1. The van der Waals surface area contributed by atoms with Gasteiger partial charge in [0.25, 0.3) is 0 Å². The number of rotatable bonds is 5. The Kier molecular flexibility index (Phi) is 5.61. The number of benzene rings is 2. The maximum Gasteiger partial charge on any atom is 0.170 e. The van der Waals surface area contributed by atoms with Crippen molar-refractivity contribution >= 4 is 23.8 Å². The molecule has 0 saturated carbocycles. The lowest BCUT2D eigenvalue weighted by Crippen LogP contribution is -2.04. The zero-order valence-electron chi connectivity index (χ0n) is 15.1. The van der Waals surface area contributed by atoms with E-state index in [1.165, 1.54) is 7.11 Å². The topological polar surface area (TPSA) is 76.7 Å². The van der Waals surface area contributed by atoms with Gasteiger partial charge in [-0.15, -0.1) is 12.4 Å². The smallest absolute Gasteiger partial charge is 0.170 e. The lowest BCUT2D eigenvalue weighted by atomic mass is 10.1. The summed E-state index contributed by atoms with van der Waals surface area (Å²) in [7, 11) is 1.51. The third-order valence-electron chi connectivity index (χ3n) is 4.30. The van der Waals surface area contributed by atoms with E-state index in [2.05, 4.69) is 10.1 Å². The van der Waals surface area contributed by atoms with Crippen LogP contribution in [0.1, 0.15) is 16.2 Å². The van der Waals surface area contributed by atoms with Crippen molar-refractivity contribution in [2.75, 3.05) is 7.11 Å². The van der Waals surface area contributed by atoms with E-state index >= 15 is 0 Å². The first-order valence-electron chi connectivity index (χ1n) is 8.45. The monoisotopic (exact) mass is 395 g/mol. The average molecular weight is 396 g/mol. The molecule has 0 bridgehead atoms. The zero-order valence-corrected chi connectivity index (χ0v) is 15.9. The van der Waals surface area contributed by atoms with Crippen molar-refractivity contribution in [3.05, 3.63) is 78.2 Å². The molecule has 0 atom stereocenters. The van der Waals surface area contributed by atoms with Gasteiger partial charge in [-0.1, -0.05) is 36.4 Å². The minimum absolute atomic E-state index is 0. The van der Waals surface area contributed by atoms with E-state index in [4.69, 9.17) is 4.74 Å². The van der Waals surface area contributed by atoms with Crippen LogP contribution in [0.15, 0.2) is 66.9 Å². The fraction of sp³-hybridized carbons (Fsp3) is 0.0952. The van der Waals surface area contributed by atoms with Gasteiger partial charge in [-0.2, -0.15) is 5.10 Å². The minimum atomic E-state index is -0.0185. The minimum Gasteiger partial charge on any atom is -0.504 e. The summed E-state index contributed by atoms with van der Waals surface area (Å²) in [4.78, 5) is 16.8. The molecule has 4 rings (SSSR count). The van der Waals surface area contributed by atoms with Crippen molar-refractivity contribution in [1.29, 1.82) is 0 Å². The summed E-state index contributed by atoms with van der Waals surface area (Å²) < 4.78 is 6.82. The molecule has 0 fully saturated rings. The second kappa shape index (κ2) is 8.10. The third kappa shape index (κ3) is 3.82. The number of hydrogen-bond acceptors (Lipinski definition) is 5. The lowest BCUT2D eigenvalue weighted by Gasteiger charge is -2.07. The van der Waals surface area contributed by atoms with E-state index in [-0.39, 0.29) is 30.4 Å². The number of nitrogens with zero attached hydrogens (tertiary/aromatic N) is 3. The summed E-state index contributed by atoms with van der Waals surface area (Å²) in [6.07, 6.45) is 1.98. The Morgan fingerprint density at radius 3 is 2.57 bits per heavy atom. The molecule has 0 amide bonds. The molecule has 0 spiro atoms. The average Bonchev–Trinajstić information content (AvgIpc) is 3.10. The standard InChI is InChI=1S/C21H17N3O3.ClH/c1-27-19-11-15(7-9-17(19)25)16-8-10-21-22-20(23-24(21)13-16)12-18(26)14-5-3-2-4-6-14;/h2-11,13,25H,12H2,1H3;1H. The lowest BCUT2D eigenvalue weighted by molar-refractivity contribution is 0.0991. The van der Waals surface area contributed by atoms with Crippen LogP contribution in [0.25, 0.3) is 16.8 Å². The Morgan fingerprint density at radius 2 is 1.82 bits per heavy atom. The van der Waals surface area contributed by atoms with E-state index in [1.807, 2.05) is 36.5 Å². The molecule has 0 saturated heterocycles. The summed E-state index contributed by atoms with van der Waals surface area (Å²) >= 11 is 0. The number of hydrogen-bond donors (Lipinski definition) is 1. The van der Waals surface area contributed by atoms with Crippen molar-refractivity contribution in [3.8, 4) is 22.6 Å². The predicted molar refractivity (Wildman–Crippen MR) is 108 cm³/mol. The van der Waals surface area contributed by atoms with Gasteiger partial charge < -0.3 is 9.84 Å². The Bertz CT molecular complexity index is 1130. The van der Waals surface area contributed by atoms with Crippen LogP contribution in [0.4, 0.5) is 0 Å². The van der Waals surface area contributed by atoms with Gasteiger partial charge in [0.1, 0.15) is 0 Å². The van der Waals surface area contributed by atoms with Crippen LogP contribution in [0.5, 0.6) is 11.5 Å². The molecule has 1 N–H and O–H groups in total. The Balaban J connectivity index is 0.00000225. The quantitative estimate of drug-likeness (QED) is 0.517. The van der Waals surface area contributed by atoms with Crippen molar-refractivity contribution in [1.82, 2.24) is 14.6 Å². The molecular weight excluding hydrogens is 378 g/mol. The summed E-state index contributed by atoms with van der Waals surface area (Å²) in [6, 6.07) is 18.0. The highest BCUT2D eigenvalue weighted by molar-refractivity contribution is 5.97. The summed E-state index contributed by atoms with van der Waals surface area (Å²) in [5.74, 6) is 0.949. The number of carbonyl (C=O) groups is 1. The van der Waals surface area contributed by atoms with Crippen LogP contribution in [-0.2, 0) is 6.42 Å². The van der Waals surface area contributed by atoms with E-state index < -0.39 is 0 Å². The van der Waals surface area contributed by atoms with Crippen LogP contribution < -0.4 is 4.74 Å². The second-order valence-electron chi connectivity index (χ2n) is 6.10. The highest BCUT2D eigenvalue weighted by Gasteiger charge is 2.12. The van der Waals surface area contributed by atoms with Gasteiger partial charge in [-0.3, -0.25) is 4.79 Å². The number of halogens is 1. The van der Waals surface area contributed by atoms with Crippen LogP contribution in [0.3, 0.4) is 0 Å². The molecule has 0 unspecified atom stereocenters. The molecule has 0 aliphatic rings. The fourth-order valence-electron chi connectivity index (χ4n) is 2.90. The predicted octanol–water partition coefficient (Wildman–Crippen LogP) is 3.96. The SMILES string of the molecule is COc1cc(-c2ccc3nc(CC(=O)c4ccccc4)nn3c2)ccc1O.Cl. The number of ketones is 1. The number of pyridine rings is 1. The van der Waals surface area contributed by atoms with E-state index in [1.54, 1.807) is 34.8 Å². The van der Waals surface area contributed by atoms with Crippen LogP contribution in [-0.4, -0.2) is 32.6 Å². The molecular formula is C21H18ClN3O3. The number of aromatic hydroxyl groups is 1. The molecule has 2 aromatic heterocycles. The second-order valence-corrected chi connectivity index (χ2v) is 6.10. The maximum absolute atomic E-state index is 12.4. The molecule has 142 valence electrons. The highest BCUT2D eigenvalue weighted by Crippen LogP contribution is 2.31. The van der Waals surface area contributed by atoms with Crippen molar-refractivity contribution in [2.45, 2.75) is 6.42 Å². The molecule has 7 heteroatoms. The number of fused-ring (bicyclic) bond motifs is 1. The highest BCUT2D eigenvalue weighted by atomic mass is 35.5. The van der Waals surface area contributed by atoms with Gasteiger partial charge in [0.15, 0.2) is 28.8 Å². The number of Topliss-reactive ketones (excluding diaryl/α,β-unsaturated/α-hetero) is 1. The van der Waals surface area contributed by atoms with Gasteiger partial charge in [-0.25, -0.2) is 9.50 Å². The third-order valence-corrected chi connectivity index (χ3v) is 4.30. The summed E-state index contributed by atoms with van der Waals surface area (Å²) in [5, 5.41) is 14.2. The molecule has 0 aliphatic carbocycles. The van der Waals surface area contributed by atoms with Crippen molar-refractivity contribution in [2.24, 2.45) is 0 Å². The number of phenolic OH excluding ortho intramolecular Hbond substituents is 1.